The molecular weight excluding hydrogens is 316 g/mol. The molecule has 0 atom stereocenters. The van der Waals surface area contributed by atoms with Gasteiger partial charge in [-0.05, 0) is 57.7 Å². The smallest absolute Gasteiger partial charge is 0.287 e. The molecule has 1 fully saturated rings. The van der Waals surface area contributed by atoms with Crippen molar-refractivity contribution in [3.63, 3.8) is 0 Å². The fraction of sp³-hybridized carbons (Fsp3) is 0.550. The van der Waals surface area contributed by atoms with Crippen LogP contribution in [-0.2, 0) is 0 Å². The average Bonchev–Trinajstić information content (AvgIpc) is 2.95. The Bertz CT molecular complexity index is 758. The number of benzene rings is 1. The number of rotatable bonds is 5. The van der Waals surface area contributed by atoms with Gasteiger partial charge in [0.15, 0.2) is 5.76 Å². The first-order valence-corrected chi connectivity index (χ1v) is 9.15. The number of aliphatic hydroxyl groups excluding tert-OH is 1. The second-order valence-corrected chi connectivity index (χ2v) is 7.14. The number of carbonyl (C=O) groups excluding carboxylic acids is 1. The van der Waals surface area contributed by atoms with E-state index in [1.165, 1.54) is 0 Å². The summed E-state index contributed by atoms with van der Waals surface area (Å²) in [7, 11) is 0. The third-order valence-corrected chi connectivity index (χ3v) is 5.18. The molecule has 0 bridgehead atoms. The molecule has 0 radical (unpaired) electrons. The van der Waals surface area contributed by atoms with E-state index < -0.39 is 0 Å². The standard InChI is InChI=1S/C20H28N2O3/c1-13-5-6-14(2)18-17(13)15(3)19(25-18)20(24)21-9-4-10-22-11-7-16(23)8-12-22/h5-6,16,23H,4,7-12H2,1-3H3,(H,21,24). The Kier molecular flexibility index (Phi) is 5.45. The minimum Gasteiger partial charge on any atom is -0.450 e. The average molecular weight is 344 g/mol. The fourth-order valence-electron chi connectivity index (χ4n) is 3.62. The van der Waals surface area contributed by atoms with E-state index in [4.69, 9.17) is 4.42 Å². The first-order valence-electron chi connectivity index (χ1n) is 9.15. The molecule has 3 rings (SSSR count). The predicted molar refractivity (Wildman–Crippen MR) is 99.1 cm³/mol. The lowest BCUT2D eigenvalue weighted by molar-refractivity contribution is 0.0814. The van der Waals surface area contributed by atoms with Gasteiger partial charge in [0.2, 0.25) is 0 Å². The largest absolute Gasteiger partial charge is 0.450 e. The van der Waals surface area contributed by atoms with Gasteiger partial charge in [0.1, 0.15) is 5.58 Å². The second kappa shape index (κ2) is 7.58. The van der Waals surface area contributed by atoms with E-state index in [9.17, 15) is 9.90 Å². The van der Waals surface area contributed by atoms with Crippen molar-refractivity contribution in [2.75, 3.05) is 26.2 Å². The van der Waals surface area contributed by atoms with Crippen molar-refractivity contribution in [1.29, 1.82) is 0 Å². The maximum absolute atomic E-state index is 12.5. The summed E-state index contributed by atoms with van der Waals surface area (Å²) in [4.78, 5) is 14.8. The van der Waals surface area contributed by atoms with Gasteiger partial charge in [-0.1, -0.05) is 12.1 Å². The summed E-state index contributed by atoms with van der Waals surface area (Å²) < 4.78 is 5.88. The lowest BCUT2D eigenvalue weighted by Crippen LogP contribution is -2.37. The topological polar surface area (TPSA) is 65.7 Å². The molecule has 136 valence electrons. The number of hydrogen-bond donors (Lipinski definition) is 2. The van der Waals surface area contributed by atoms with E-state index in [2.05, 4.69) is 16.3 Å². The van der Waals surface area contributed by atoms with Crippen LogP contribution < -0.4 is 5.32 Å². The molecular formula is C20H28N2O3. The Balaban J connectivity index is 1.57. The maximum Gasteiger partial charge on any atom is 0.287 e. The lowest BCUT2D eigenvalue weighted by Gasteiger charge is -2.29. The highest BCUT2D eigenvalue weighted by atomic mass is 16.3. The van der Waals surface area contributed by atoms with Crippen LogP contribution in [0, 0.1) is 20.8 Å². The van der Waals surface area contributed by atoms with Gasteiger partial charge in [0.05, 0.1) is 6.10 Å². The summed E-state index contributed by atoms with van der Waals surface area (Å²) in [5.41, 5.74) is 3.91. The zero-order valence-corrected chi connectivity index (χ0v) is 15.4. The summed E-state index contributed by atoms with van der Waals surface area (Å²) in [5.74, 6) is 0.287. The monoisotopic (exact) mass is 344 g/mol. The van der Waals surface area contributed by atoms with Crippen LogP contribution in [-0.4, -0.2) is 48.2 Å². The highest BCUT2D eigenvalue weighted by Gasteiger charge is 2.20. The van der Waals surface area contributed by atoms with Crippen LogP contribution in [0.5, 0.6) is 0 Å². The van der Waals surface area contributed by atoms with Crippen molar-refractivity contribution >= 4 is 16.9 Å². The van der Waals surface area contributed by atoms with Crippen LogP contribution in [0.3, 0.4) is 0 Å². The van der Waals surface area contributed by atoms with Gasteiger partial charge in [0.25, 0.3) is 5.91 Å². The first-order chi connectivity index (χ1) is 12.0. The third-order valence-electron chi connectivity index (χ3n) is 5.18. The van der Waals surface area contributed by atoms with E-state index in [1.54, 1.807) is 0 Å². The SMILES string of the molecule is Cc1ccc(C)c2c(C)c(C(=O)NCCCN3CCC(O)CC3)oc12. The molecule has 0 spiro atoms. The number of piperidine rings is 1. The van der Waals surface area contributed by atoms with E-state index >= 15 is 0 Å². The number of fused-ring (bicyclic) bond motifs is 1. The molecule has 1 amide bonds. The number of hydrogen-bond acceptors (Lipinski definition) is 4. The molecule has 25 heavy (non-hydrogen) atoms. The Hall–Kier alpha value is -1.85. The zero-order chi connectivity index (χ0) is 18.0. The number of furan rings is 1. The number of nitrogens with one attached hydrogen (secondary N) is 1. The van der Waals surface area contributed by atoms with Gasteiger partial charge in [-0.3, -0.25) is 4.79 Å². The number of aliphatic hydroxyl groups is 1. The van der Waals surface area contributed by atoms with Crippen molar-refractivity contribution < 1.29 is 14.3 Å². The molecule has 1 saturated heterocycles. The molecule has 5 heteroatoms. The normalized spacial score (nSPS) is 16.5. The summed E-state index contributed by atoms with van der Waals surface area (Å²) in [5, 5.41) is 13.6. The summed E-state index contributed by atoms with van der Waals surface area (Å²) in [6.07, 6.45) is 2.46. The molecule has 0 aliphatic carbocycles. The van der Waals surface area contributed by atoms with Gasteiger partial charge < -0.3 is 19.7 Å². The Morgan fingerprint density at radius 1 is 1.24 bits per heavy atom. The van der Waals surface area contributed by atoms with E-state index in [0.29, 0.717) is 12.3 Å². The van der Waals surface area contributed by atoms with Crippen LogP contribution in [0.4, 0.5) is 0 Å². The summed E-state index contributed by atoms with van der Waals surface area (Å²) in [6, 6.07) is 4.09. The minimum absolute atomic E-state index is 0.137. The Morgan fingerprint density at radius 2 is 1.92 bits per heavy atom. The molecule has 5 nitrogen and oxygen atoms in total. The number of aryl methyl sites for hydroxylation is 3. The maximum atomic E-state index is 12.5. The Labute approximate surface area is 149 Å². The van der Waals surface area contributed by atoms with Crippen molar-refractivity contribution in [2.45, 2.75) is 46.1 Å². The Morgan fingerprint density at radius 3 is 2.60 bits per heavy atom. The molecule has 1 aromatic carbocycles. The predicted octanol–water partition coefficient (Wildman–Crippen LogP) is 2.93. The highest BCUT2D eigenvalue weighted by Crippen LogP contribution is 2.30. The summed E-state index contributed by atoms with van der Waals surface area (Å²) >= 11 is 0. The molecule has 1 aliphatic heterocycles. The molecule has 1 aromatic heterocycles. The molecule has 2 aromatic rings. The van der Waals surface area contributed by atoms with Crippen LogP contribution >= 0.6 is 0 Å². The van der Waals surface area contributed by atoms with E-state index in [0.717, 1.165) is 66.6 Å². The number of likely N-dealkylation sites (tertiary alicyclic amines) is 1. The van der Waals surface area contributed by atoms with Gasteiger partial charge in [0, 0.05) is 30.6 Å². The third kappa shape index (κ3) is 3.88. The van der Waals surface area contributed by atoms with Gasteiger partial charge in [-0.25, -0.2) is 0 Å². The van der Waals surface area contributed by atoms with Gasteiger partial charge in [-0.15, -0.1) is 0 Å². The molecule has 2 heterocycles. The van der Waals surface area contributed by atoms with Crippen LogP contribution in [0.1, 0.15) is 46.5 Å². The van der Waals surface area contributed by atoms with E-state index in [1.807, 2.05) is 26.8 Å². The molecule has 0 unspecified atom stereocenters. The van der Waals surface area contributed by atoms with Crippen LogP contribution in [0.25, 0.3) is 11.0 Å². The highest BCUT2D eigenvalue weighted by molar-refractivity contribution is 6.00. The minimum atomic E-state index is -0.140. The van der Waals surface area contributed by atoms with Crippen molar-refractivity contribution in [2.24, 2.45) is 0 Å². The quantitative estimate of drug-likeness (QED) is 0.819. The number of carbonyl (C=O) groups is 1. The van der Waals surface area contributed by atoms with Crippen LogP contribution in [0.15, 0.2) is 16.5 Å². The van der Waals surface area contributed by atoms with Crippen molar-refractivity contribution in [3.8, 4) is 0 Å². The molecule has 1 aliphatic rings. The number of amides is 1. The molecule has 0 saturated carbocycles. The van der Waals surface area contributed by atoms with Gasteiger partial charge in [-0.2, -0.15) is 0 Å². The van der Waals surface area contributed by atoms with Gasteiger partial charge >= 0.3 is 0 Å². The van der Waals surface area contributed by atoms with Crippen molar-refractivity contribution in [1.82, 2.24) is 10.2 Å². The molecule has 2 N–H and O–H groups in total. The second-order valence-electron chi connectivity index (χ2n) is 7.14. The number of nitrogens with zero attached hydrogens (tertiary/aromatic N) is 1. The van der Waals surface area contributed by atoms with Crippen LogP contribution in [0.2, 0.25) is 0 Å². The fourth-order valence-corrected chi connectivity index (χ4v) is 3.62. The zero-order valence-electron chi connectivity index (χ0n) is 15.4. The lowest BCUT2D eigenvalue weighted by atomic mass is 10.0. The van der Waals surface area contributed by atoms with Crippen molar-refractivity contribution in [3.05, 3.63) is 34.6 Å². The summed E-state index contributed by atoms with van der Waals surface area (Å²) in [6.45, 7) is 9.46. The first kappa shape index (κ1) is 18.0. The van der Waals surface area contributed by atoms with E-state index in [-0.39, 0.29) is 12.0 Å².